The first-order valence-electron chi connectivity index (χ1n) is 35.0. The van der Waals surface area contributed by atoms with Gasteiger partial charge in [-0.1, -0.05) is 219 Å². The van der Waals surface area contributed by atoms with Crippen LogP contribution < -0.4 is 10.6 Å². The van der Waals surface area contributed by atoms with Gasteiger partial charge in [0, 0.05) is 64.0 Å². The Balaban J connectivity index is 1.56. The number of carbonyl (C=O) groups is 4. The largest absolute Gasteiger partial charge is 0.375 e. The number of ether oxygens (including phenoxy) is 4. The van der Waals surface area contributed by atoms with Crippen molar-refractivity contribution in [2.24, 2.45) is 0 Å². The van der Waals surface area contributed by atoms with E-state index in [2.05, 4.69) is 50.3 Å². The van der Waals surface area contributed by atoms with Gasteiger partial charge in [-0.2, -0.15) is 0 Å². The van der Waals surface area contributed by atoms with Gasteiger partial charge in [0.25, 0.3) is 11.8 Å². The molecule has 0 bridgehead atoms. The second-order valence-corrected chi connectivity index (χ2v) is 26.4. The second kappa shape index (κ2) is 49.7. The van der Waals surface area contributed by atoms with Crippen molar-refractivity contribution in [1.29, 1.82) is 0 Å². The molecular weight excluding hydrogens is 1020 g/mol. The molecule has 0 aliphatic carbocycles. The molecule has 0 spiro atoms. The van der Waals surface area contributed by atoms with Crippen LogP contribution in [-0.2, 0) is 38.1 Å². The van der Waals surface area contributed by atoms with Gasteiger partial charge in [0.1, 0.15) is 0 Å². The molecule has 0 radical (unpaired) electrons. The predicted molar refractivity (Wildman–Crippen MR) is 342 cm³/mol. The smallest absolute Gasteiger partial charge is 0.253 e. The van der Waals surface area contributed by atoms with E-state index in [1.165, 1.54) is 223 Å². The lowest BCUT2D eigenvalue weighted by molar-refractivity contribution is -0.180. The molecule has 0 aromatic carbocycles. The third-order valence-electron chi connectivity index (χ3n) is 17.4. The third kappa shape index (κ3) is 42.4. The molecule has 2 aliphatic heterocycles. The standard InChI is InChI=1S/C70H132N4O8/c1-8-10-12-14-16-18-20-22-24-26-28-30-32-34-36-42-51-70(52-43-37-35-33-31-29-27-25-23-21-19-17-15-13-11-9-2)81-62-63(82-70)50-59-73(7)57-44-38-40-46-64(75)71-55-53-68(3,4)79-60-54-69(5,6)80-61-56-72-65(76)47-41-39-45-58-74-66(77)48-49-67(74)78/h48-49,63H,8-47,50-62H2,1-7H3,(H,71,75)(H,72,76). The number of rotatable bonds is 60. The van der Waals surface area contributed by atoms with E-state index >= 15 is 0 Å². The van der Waals surface area contributed by atoms with Crippen LogP contribution in [0.1, 0.15) is 330 Å². The summed E-state index contributed by atoms with van der Waals surface area (Å²) in [6, 6.07) is 0. The number of carbonyl (C=O) groups excluding carboxylic acids is 4. The highest BCUT2D eigenvalue weighted by atomic mass is 16.7. The third-order valence-corrected chi connectivity index (χ3v) is 17.4. The van der Waals surface area contributed by atoms with E-state index in [4.69, 9.17) is 18.9 Å². The summed E-state index contributed by atoms with van der Waals surface area (Å²) < 4.78 is 25.9. The van der Waals surface area contributed by atoms with Gasteiger partial charge in [0.05, 0.1) is 37.1 Å². The van der Waals surface area contributed by atoms with Crippen molar-refractivity contribution in [1.82, 2.24) is 20.4 Å². The first-order valence-corrected chi connectivity index (χ1v) is 35.0. The van der Waals surface area contributed by atoms with E-state index in [9.17, 15) is 19.2 Å². The highest BCUT2D eigenvalue weighted by Crippen LogP contribution is 2.36. The number of nitrogens with one attached hydrogen (secondary N) is 2. The van der Waals surface area contributed by atoms with Crippen LogP contribution in [0.3, 0.4) is 0 Å². The molecule has 4 amide bonds. The predicted octanol–water partition coefficient (Wildman–Crippen LogP) is 17.4. The Hall–Kier alpha value is -2.38. The minimum atomic E-state index is -0.412. The van der Waals surface area contributed by atoms with Gasteiger partial charge >= 0.3 is 0 Å². The molecule has 82 heavy (non-hydrogen) atoms. The minimum Gasteiger partial charge on any atom is -0.375 e. The van der Waals surface area contributed by atoms with E-state index < -0.39 is 5.60 Å². The van der Waals surface area contributed by atoms with Crippen LogP contribution in [0, 0.1) is 0 Å². The van der Waals surface area contributed by atoms with Gasteiger partial charge in [0.2, 0.25) is 11.8 Å². The molecule has 2 N–H and O–H groups in total. The van der Waals surface area contributed by atoms with Gasteiger partial charge in [-0.25, -0.2) is 0 Å². The van der Waals surface area contributed by atoms with E-state index in [0.717, 1.165) is 71.1 Å². The van der Waals surface area contributed by atoms with Crippen LogP contribution in [0.2, 0.25) is 0 Å². The lowest BCUT2D eigenvalue weighted by atomic mass is 9.98. The summed E-state index contributed by atoms with van der Waals surface area (Å²) in [6.45, 7) is 17.9. The normalized spacial score (nSPS) is 15.5. The van der Waals surface area contributed by atoms with Crippen LogP contribution in [-0.4, -0.2) is 116 Å². The lowest BCUT2D eigenvalue weighted by Crippen LogP contribution is -2.36. The molecule has 1 atom stereocenters. The molecule has 1 fully saturated rings. The molecule has 2 heterocycles. The second-order valence-electron chi connectivity index (χ2n) is 26.4. The van der Waals surface area contributed by atoms with E-state index in [1.807, 2.05) is 13.8 Å². The van der Waals surface area contributed by atoms with Crippen molar-refractivity contribution in [2.75, 3.05) is 59.6 Å². The molecule has 480 valence electrons. The number of amides is 4. The summed E-state index contributed by atoms with van der Waals surface area (Å²) >= 11 is 0. The molecule has 1 unspecified atom stereocenters. The molecule has 0 saturated carbocycles. The topological polar surface area (TPSA) is 136 Å². The fourth-order valence-corrected chi connectivity index (χ4v) is 11.6. The van der Waals surface area contributed by atoms with Gasteiger partial charge in [-0.3, -0.25) is 24.1 Å². The summed E-state index contributed by atoms with van der Waals surface area (Å²) in [4.78, 5) is 52.0. The summed E-state index contributed by atoms with van der Waals surface area (Å²) in [5.74, 6) is -0.834. The van der Waals surface area contributed by atoms with Crippen molar-refractivity contribution in [2.45, 2.75) is 354 Å². The van der Waals surface area contributed by atoms with Crippen LogP contribution >= 0.6 is 0 Å². The van der Waals surface area contributed by atoms with Crippen molar-refractivity contribution in [3.8, 4) is 0 Å². The molecule has 1 saturated heterocycles. The van der Waals surface area contributed by atoms with Crippen LogP contribution in [0.15, 0.2) is 12.2 Å². The van der Waals surface area contributed by atoms with Gasteiger partial charge < -0.3 is 34.5 Å². The van der Waals surface area contributed by atoms with Crippen LogP contribution in [0.5, 0.6) is 0 Å². The summed E-state index contributed by atoms with van der Waals surface area (Å²) in [5.41, 5.74) is -0.795. The molecule has 12 nitrogen and oxygen atoms in total. The van der Waals surface area contributed by atoms with E-state index in [0.29, 0.717) is 65.0 Å². The Morgan fingerprint density at radius 3 is 1.38 bits per heavy atom. The zero-order valence-corrected chi connectivity index (χ0v) is 54.9. The average Bonchev–Trinajstić information content (AvgIpc) is 4.19. The number of hydrogen-bond acceptors (Lipinski definition) is 9. The fraction of sp³-hybridized carbons (Fsp3) is 0.914. The maximum absolute atomic E-state index is 12.7. The minimum absolute atomic E-state index is 0.0279. The molecule has 2 rings (SSSR count). The lowest BCUT2D eigenvalue weighted by Gasteiger charge is -2.30. The molecule has 12 heteroatoms. The Kier molecular flexibility index (Phi) is 45.9. The highest BCUT2D eigenvalue weighted by molar-refractivity contribution is 6.12. The number of imide groups is 1. The molecular formula is C70H132N4O8. The zero-order valence-electron chi connectivity index (χ0n) is 54.9. The summed E-state index contributed by atoms with van der Waals surface area (Å²) in [5, 5.41) is 6.03. The zero-order chi connectivity index (χ0) is 59.7. The first kappa shape index (κ1) is 75.7. The Labute approximate surface area is 505 Å². The average molecular weight is 1160 g/mol. The molecule has 0 aromatic heterocycles. The first-order chi connectivity index (χ1) is 39.7. The van der Waals surface area contributed by atoms with Crippen molar-refractivity contribution < 1.29 is 38.1 Å². The molecule has 0 aromatic rings. The monoisotopic (exact) mass is 1160 g/mol. The Bertz CT molecular complexity index is 1550. The van der Waals surface area contributed by atoms with Gasteiger partial charge in [-0.15, -0.1) is 0 Å². The maximum Gasteiger partial charge on any atom is 0.253 e. The van der Waals surface area contributed by atoms with Crippen molar-refractivity contribution in [3.63, 3.8) is 0 Å². The van der Waals surface area contributed by atoms with Crippen LogP contribution in [0.25, 0.3) is 0 Å². The maximum atomic E-state index is 12.7. The number of nitrogens with zero attached hydrogens (tertiary/aromatic N) is 2. The number of hydrogen-bond donors (Lipinski definition) is 2. The summed E-state index contributed by atoms with van der Waals surface area (Å²) in [7, 11) is 2.22. The van der Waals surface area contributed by atoms with Crippen molar-refractivity contribution >= 4 is 23.6 Å². The van der Waals surface area contributed by atoms with E-state index in [1.54, 1.807) is 0 Å². The Morgan fingerprint density at radius 2 is 0.915 bits per heavy atom. The SMILES string of the molecule is CCCCCCCCCCCCCCCCCCC1(CCCCCCCCCCCCCCCCCC)OCC(CCN(C)CCCCCC(=O)NCCC(C)(C)OCCC(C)(C)OCCNC(=O)CCCCCN2C(=O)C=CC2=O)O1. The number of unbranched alkanes of at least 4 members (excludes halogenated alkanes) is 34. The van der Waals surface area contributed by atoms with Gasteiger partial charge in [0.15, 0.2) is 5.79 Å². The molecule has 2 aliphatic rings. The van der Waals surface area contributed by atoms with Crippen LogP contribution in [0.4, 0.5) is 0 Å². The van der Waals surface area contributed by atoms with E-state index in [-0.39, 0.29) is 41.1 Å². The van der Waals surface area contributed by atoms with Crippen molar-refractivity contribution in [3.05, 3.63) is 12.2 Å². The quantitative estimate of drug-likeness (QED) is 0.0451. The fourth-order valence-electron chi connectivity index (χ4n) is 11.6. The van der Waals surface area contributed by atoms with Gasteiger partial charge in [-0.05, 0) is 99.1 Å². The highest BCUT2D eigenvalue weighted by Gasteiger charge is 2.40. The Morgan fingerprint density at radius 1 is 0.524 bits per heavy atom. The summed E-state index contributed by atoms with van der Waals surface area (Å²) in [6.07, 6.45) is 57.8.